The Morgan fingerprint density at radius 3 is 2.33 bits per heavy atom. The van der Waals surface area contributed by atoms with Crippen molar-refractivity contribution >= 4 is 10.8 Å². The van der Waals surface area contributed by atoms with Crippen LogP contribution in [0, 0.1) is 0 Å². The highest BCUT2D eigenvalue weighted by Gasteiger charge is 2.18. The zero-order valence-electron chi connectivity index (χ0n) is 7.70. The molecule has 0 fully saturated rings. The molecule has 0 saturated carbocycles. The summed E-state index contributed by atoms with van der Waals surface area (Å²) in [6.07, 6.45) is 1.56. The van der Waals surface area contributed by atoms with Gasteiger partial charge in [-0.05, 0) is 13.8 Å². The monoisotopic (exact) mass is 195 g/mol. The van der Waals surface area contributed by atoms with Gasteiger partial charge in [-0.2, -0.15) is 0 Å². The van der Waals surface area contributed by atoms with Gasteiger partial charge in [0.25, 0.3) is 0 Å². The number of aliphatic hydroxyl groups is 2. The van der Waals surface area contributed by atoms with E-state index >= 15 is 0 Å². The number of hydrogen-bond donors (Lipinski definition) is 3. The molecule has 0 rings (SSSR count). The largest absolute Gasteiger partial charge is 0.395 e. The van der Waals surface area contributed by atoms with Crippen molar-refractivity contribution in [3.05, 3.63) is 0 Å². The summed E-state index contributed by atoms with van der Waals surface area (Å²) in [5.41, 5.74) is -1.03. The van der Waals surface area contributed by atoms with E-state index in [1.807, 2.05) is 0 Å². The van der Waals surface area contributed by atoms with Crippen LogP contribution in [0.15, 0.2) is 0 Å². The Labute approximate surface area is 75.4 Å². The van der Waals surface area contributed by atoms with E-state index < -0.39 is 16.5 Å². The van der Waals surface area contributed by atoms with Gasteiger partial charge >= 0.3 is 0 Å². The molecule has 3 N–H and O–H groups in total. The molecule has 0 aliphatic rings. The SMILES string of the molecule is CS(=O)CC(CO)NC(C)(C)O. The summed E-state index contributed by atoms with van der Waals surface area (Å²) in [4.78, 5) is 0. The van der Waals surface area contributed by atoms with Crippen LogP contribution in [0.3, 0.4) is 0 Å². The molecule has 2 atom stereocenters. The second kappa shape index (κ2) is 4.91. The van der Waals surface area contributed by atoms with E-state index in [2.05, 4.69) is 5.32 Å². The fourth-order valence-corrected chi connectivity index (χ4v) is 1.68. The number of nitrogens with one attached hydrogen (secondary N) is 1. The summed E-state index contributed by atoms with van der Waals surface area (Å²) in [5, 5.41) is 20.9. The molecular formula is C7H17NO3S. The smallest absolute Gasteiger partial charge is 0.110 e. The second-order valence-corrected chi connectivity index (χ2v) is 4.80. The molecule has 0 aromatic heterocycles. The van der Waals surface area contributed by atoms with E-state index in [1.165, 1.54) is 0 Å². The summed E-state index contributed by atoms with van der Waals surface area (Å²) in [5.74, 6) is 0.348. The first-order valence-electron chi connectivity index (χ1n) is 3.76. The molecule has 0 aliphatic heterocycles. The zero-order valence-corrected chi connectivity index (χ0v) is 8.52. The average molecular weight is 195 g/mol. The Morgan fingerprint density at radius 2 is 2.08 bits per heavy atom. The van der Waals surface area contributed by atoms with Crippen molar-refractivity contribution < 1.29 is 14.4 Å². The lowest BCUT2D eigenvalue weighted by molar-refractivity contribution is 0.0254. The van der Waals surface area contributed by atoms with Gasteiger partial charge in [0.15, 0.2) is 0 Å². The molecule has 2 unspecified atom stereocenters. The van der Waals surface area contributed by atoms with Gasteiger partial charge in [0.1, 0.15) is 5.72 Å². The number of aliphatic hydroxyl groups excluding tert-OH is 1. The predicted octanol–water partition coefficient (Wildman–Crippen LogP) is -0.956. The van der Waals surface area contributed by atoms with Crippen molar-refractivity contribution in [1.82, 2.24) is 5.32 Å². The molecule has 0 bridgehead atoms. The first-order chi connectivity index (χ1) is 5.35. The van der Waals surface area contributed by atoms with Crippen molar-refractivity contribution in [2.24, 2.45) is 0 Å². The van der Waals surface area contributed by atoms with E-state index in [1.54, 1.807) is 20.1 Å². The third-order valence-electron chi connectivity index (χ3n) is 1.21. The summed E-state index contributed by atoms with van der Waals surface area (Å²) >= 11 is 0. The first-order valence-corrected chi connectivity index (χ1v) is 5.49. The van der Waals surface area contributed by atoms with E-state index in [-0.39, 0.29) is 12.6 Å². The molecule has 74 valence electrons. The molecular weight excluding hydrogens is 178 g/mol. The highest BCUT2D eigenvalue weighted by Crippen LogP contribution is 1.98. The molecule has 0 aliphatic carbocycles. The maximum atomic E-state index is 10.8. The predicted molar refractivity (Wildman–Crippen MR) is 49.2 cm³/mol. The van der Waals surface area contributed by atoms with Crippen molar-refractivity contribution in [2.45, 2.75) is 25.6 Å². The van der Waals surface area contributed by atoms with E-state index in [9.17, 15) is 9.32 Å². The highest BCUT2D eigenvalue weighted by atomic mass is 32.2. The molecule has 0 radical (unpaired) electrons. The van der Waals surface area contributed by atoms with Crippen LogP contribution in [-0.4, -0.2) is 44.8 Å². The van der Waals surface area contributed by atoms with Gasteiger partial charge in [-0.1, -0.05) is 0 Å². The van der Waals surface area contributed by atoms with E-state index in [0.717, 1.165) is 0 Å². The van der Waals surface area contributed by atoms with E-state index in [0.29, 0.717) is 5.75 Å². The minimum absolute atomic E-state index is 0.121. The van der Waals surface area contributed by atoms with Crippen molar-refractivity contribution in [3.63, 3.8) is 0 Å². The Bertz CT molecular complexity index is 155. The topological polar surface area (TPSA) is 69.6 Å². The zero-order chi connectivity index (χ0) is 9.78. The Balaban J connectivity index is 3.92. The fourth-order valence-electron chi connectivity index (χ4n) is 0.923. The average Bonchev–Trinajstić information content (AvgIpc) is 1.82. The van der Waals surface area contributed by atoms with Crippen LogP contribution in [0.4, 0.5) is 0 Å². The van der Waals surface area contributed by atoms with Crippen molar-refractivity contribution in [3.8, 4) is 0 Å². The summed E-state index contributed by atoms with van der Waals surface area (Å²) in [6, 6.07) is -0.309. The van der Waals surface area contributed by atoms with Gasteiger partial charge < -0.3 is 10.2 Å². The van der Waals surface area contributed by atoms with Gasteiger partial charge in [0.05, 0.1) is 6.61 Å². The molecule has 5 heteroatoms. The maximum absolute atomic E-state index is 10.8. The minimum Gasteiger partial charge on any atom is -0.395 e. The van der Waals surface area contributed by atoms with Crippen LogP contribution < -0.4 is 5.32 Å². The summed E-state index contributed by atoms with van der Waals surface area (Å²) in [6.45, 7) is 3.03. The normalized spacial score (nSPS) is 17.4. The first kappa shape index (κ1) is 12.0. The van der Waals surface area contributed by atoms with Crippen LogP contribution in [-0.2, 0) is 10.8 Å². The van der Waals surface area contributed by atoms with Gasteiger partial charge in [-0.15, -0.1) is 0 Å². The Kier molecular flexibility index (Phi) is 4.92. The molecule has 0 spiro atoms. The quantitative estimate of drug-likeness (QED) is 0.494. The lowest BCUT2D eigenvalue weighted by Crippen LogP contribution is -2.49. The van der Waals surface area contributed by atoms with Gasteiger partial charge in [-0.25, -0.2) is 0 Å². The van der Waals surface area contributed by atoms with Crippen LogP contribution in [0.2, 0.25) is 0 Å². The van der Waals surface area contributed by atoms with Crippen LogP contribution >= 0.6 is 0 Å². The van der Waals surface area contributed by atoms with Crippen molar-refractivity contribution in [1.29, 1.82) is 0 Å². The molecule has 12 heavy (non-hydrogen) atoms. The highest BCUT2D eigenvalue weighted by molar-refractivity contribution is 7.84. The Morgan fingerprint density at radius 1 is 1.58 bits per heavy atom. The third kappa shape index (κ3) is 6.72. The lowest BCUT2D eigenvalue weighted by Gasteiger charge is -2.25. The fraction of sp³-hybridized carbons (Fsp3) is 1.00. The number of rotatable bonds is 5. The molecule has 0 heterocycles. The number of hydrogen-bond acceptors (Lipinski definition) is 4. The summed E-state index contributed by atoms with van der Waals surface area (Å²) < 4.78 is 10.8. The molecule has 0 amide bonds. The van der Waals surface area contributed by atoms with Gasteiger partial charge in [0, 0.05) is 28.9 Å². The molecule has 0 aromatic rings. The van der Waals surface area contributed by atoms with Gasteiger partial charge in [-0.3, -0.25) is 9.53 Å². The summed E-state index contributed by atoms with van der Waals surface area (Å²) in [7, 11) is -0.964. The lowest BCUT2D eigenvalue weighted by atomic mass is 10.2. The van der Waals surface area contributed by atoms with Crippen LogP contribution in [0.5, 0.6) is 0 Å². The van der Waals surface area contributed by atoms with Crippen LogP contribution in [0.25, 0.3) is 0 Å². The molecule has 0 aromatic carbocycles. The maximum Gasteiger partial charge on any atom is 0.110 e. The van der Waals surface area contributed by atoms with Crippen molar-refractivity contribution in [2.75, 3.05) is 18.6 Å². The standard InChI is InChI=1S/C7H17NO3S/c1-7(2,10)8-6(4-9)5-12(3)11/h6,8-10H,4-5H2,1-3H3. The minimum atomic E-state index is -1.03. The Hall–Kier alpha value is 0.0300. The van der Waals surface area contributed by atoms with Crippen LogP contribution in [0.1, 0.15) is 13.8 Å². The van der Waals surface area contributed by atoms with Gasteiger partial charge in [0.2, 0.25) is 0 Å². The molecule has 0 saturated heterocycles. The molecule has 4 nitrogen and oxygen atoms in total. The second-order valence-electron chi connectivity index (χ2n) is 3.32. The third-order valence-corrected chi connectivity index (χ3v) is 2.09. The van der Waals surface area contributed by atoms with E-state index in [4.69, 9.17) is 5.11 Å².